The zero-order valence-electron chi connectivity index (χ0n) is 15.3. The van der Waals surface area contributed by atoms with Crippen molar-refractivity contribution in [1.29, 1.82) is 0 Å². The predicted molar refractivity (Wildman–Crippen MR) is 109 cm³/mol. The first kappa shape index (κ1) is 20.9. The van der Waals surface area contributed by atoms with Crippen molar-refractivity contribution in [3.05, 3.63) is 72.1 Å². The average molecular weight is 444 g/mol. The molecule has 0 aliphatic carbocycles. The molecular weight excluding hydrogens is 422 g/mol. The number of hydrogen-bond acceptors (Lipinski definition) is 3. The predicted octanol–water partition coefficient (Wildman–Crippen LogP) is 1.90. The lowest BCUT2D eigenvalue weighted by Crippen LogP contribution is -3.00. The third kappa shape index (κ3) is 5.28. The molecule has 4 nitrogen and oxygen atoms in total. The highest BCUT2D eigenvalue weighted by Crippen LogP contribution is 2.26. The van der Waals surface area contributed by atoms with Gasteiger partial charge in [0.2, 0.25) is 5.91 Å². The van der Waals surface area contributed by atoms with Crippen molar-refractivity contribution >= 4 is 33.8 Å². The Bertz CT molecular complexity index is 918. The summed E-state index contributed by atoms with van der Waals surface area (Å²) in [5.41, 5.74) is 5.34. The third-order valence-electron chi connectivity index (χ3n) is 3.93. The lowest BCUT2D eigenvalue weighted by molar-refractivity contribution is -0.657. The Balaban J connectivity index is 0.00000261. The number of hydrogen-bond donors (Lipinski definition) is 2. The maximum Gasteiger partial charge on any atom is 0.339 e. The topological polar surface area (TPSA) is 45.0 Å². The number of aryl methyl sites for hydroxylation is 1. The van der Waals surface area contributed by atoms with Gasteiger partial charge in [-0.1, -0.05) is 53.8 Å². The van der Waals surface area contributed by atoms with Crippen molar-refractivity contribution in [2.45, 2.75) is 20.4 Å². The van der Waals surface area contributed by atoms with Gasteiger partial charge in [0.05, 0.1) is 0 Å². The van der Waals surface area contributed by atoms with Crippen molar-refractivity contribution in [1.82, 2.24) is 0 Å². The van der Waals surface area contributed by atoms with E-state index in [9.17, 15) is 4.79 Å². The summed E-state index contributed by atoms with van der Waals surface area (Å²) in [5.74, 6) is -0.0736. The van der Waals surface area contributed by atoms with E-state index in [1.165, 1.54) is 18.1 Å². The van der Waals surface area contributed by atoms with Crippen LogP contribution in [0, 0.1) is 6.92 Å². The monoisotopic (exact) mass is 443 g/mol. The number of carbonyl (C=O) groups excluding carboxylic acids is 1. The number of nitrogens with one attached hydrogen (secondary N) is 2. The van der Waals surface area contributed by atoms with Crippen LogP contribution in [-0.2, 0) is 11.3 Å². The van der Waals surface area contributed by atoms with Gasteiger partial charge in [0, 0.05) is 23.6 Å². The van der Waals surface area contributed by atoms with Crippen LogP contribution in [0.1, 0.15) is 12.5 Å². The van der Waals surface area contributed by atoms with E-state index in [4.69, 9.17) is 0 Å². The lowest BCUT2D eigenvalue weighted by atomic mass is 10.1. The zero-order chi connectivity index (χ0) is 18.5. The lowest BCUT2D eigenvalue weighted by Gasteiger charge is -2.05. The largest absolute Gasteiger partial charge is 1.00 e. The molecule has 0 fully saturated rings. The van der Waals surface area contributed by atoms with E-state index >= 15 is 0 Å². The Morgan fingerprint density at radius 1 is 1.11 bits per heavy atom. The normalized spacial score (nSPS) is 10.0. The zero-order valence-corrected chi connectivity index (χ0v) is 17.7. The smallest absolute Gasteiger partial charge is 0.339 e. The van der Waals surface area contributed by atoms with Crippen LogP contribution in [0.5, 0.6) is 0 Å². The number of halogens is 1. The molecule has 0 bridgehead atoms. The Morgan fingerprint density at radius 2 is 1.74 bits per heavy atom. The van der Waals surface area contributed by atoms with Crippen molar-refractivity contribution in [3.8, 4) is 11.3 Å². The number of thiazole rings is 1. The summed E-state index contributed by atoms with van der Waals surface area (Å²) in [5, 5.41) is 9.43. The third-order valence-corrected chi connectivity index (χ3v) is 4.82. The minimum atomic E-state index is -0.0736. The van der Waals surface area contributed by atoms with Gasteiger partial charge in [0.25, 0.3) is 0 Å². The minimum Gasteiger partial charge on any atom is -1.00 e. The molecule has 3 rings (SSSR count). The summed E-state index contributed by atoms with van der Waals surface area (Å²) in [6.45, 7) is 8.20. The molecule has 0 unspecified atom stereocenters. The van der Waals surface area contributed by atoms with E-state index in [0.717, 1.165) is 28.7 Å². The molecule has 0 atom stereocenters. The number of benzene rings is 2. The summed E-state index contributed by atoms with van der Waals surface area (Å²) in [6, 6.07) is 16.2. The van der Waals surface area contributed by atoms with Crippen LogP contribution in [-0.4, -0.2) is 5.91 Å². The van der Waals surface area contributed by atoms with E-state index in [1.807, 2.05) is 30.3 Å². The second-order valence-corrected chi connectivity index (χ2v) is 6.93. The number of allylic oxidation sites excluding steroid dienone is 1. The minimum absolute atomic E-state index is 0. The molecule has 0 spiro atoms. The Hall–Kier alpha value is -2.44. The molecule has 27 heavy (non-hydrogen) atoms. The van der Waals surface area contributed by atoms with Crippen LogP contribution >= 0.6 is 11.3 Å². The van der Waals surface area contributed by atoms with Crippen molar-refractivity contribution < 1.29 is 26.3 Å². The molecule has 0 saturated heterocycles. The van der Waals surface area contributed by atoms with Gasteiger partial charge >= 0.3 is 5.13 Å². The van der Waals surface area contributed by atoms with Gasteiger partial charge in [0.15, 0.2) is 0 Å². The van der Waals surface area contributed by atoms with E-state index in [2.05, 4.69) is 58.3 Å². The van der Waals surface area contributed by atoms with Gasteiger partial charge in [-0.3, -0.25) is 4.79 Å². The molecule has 0 aliphatic heterocycles. The SMILES string of the molecule is C=CC[n+]1c(-c2ccc(C)cc2)csc1Nc1ccc(NC(C)=O)cc1.[Br-]. The second-order valence-electron chi connectivity index (χ2n) is 6.07. The average Bonchev–Trinajstić information content (AvgIpc) is 3.00. The van der Waals surface area contributed by atoms with Gasteiger partial charge in [-0.05, 0) is 31.2 Å². The summed E-state index contributed by atoms with van der Waals surface area (Å²) >= 11 is 1.66. The fourth-order valence-electron chi connectivity index (χ4n) is 2.67. The van der Waals surface area contributed by atoms with E-state index in [1.54, 1.807) is 11.3 Å². The summed E-state index contributed by atoms with van der Waals surface area (Å²) in [4.78, 5) is 11.1. The quantitative estimate of drug-likeness (QED) is 0.451. The van der Waals surface area contributed by atoms with Crippen LogP contribution in [0.25, 0.3) is 11.3 Å². The van der Waals surface area contributed by atoms with Crippen molar-refractivity contribution in [3.63, 3.8) is 0 Å². The van der Waals surface area contributed by atoms with Gasteiger partial charge in [-0.25, -0.2) is 9.88 Å². The number of amides is 1. The molecule has 0 radical (unpaired) electrons. The summed E-state index contributed by atoms with van der Waals surface area (Å²) in [6.07, 6.45) is 1.90. The van der Waals surface area contributed by atoms with Crippen LogP contribution < -0.4 is 32.2 Å². The summed E-state index contributed by atoms with van der Waals surface area (Å²) in [7, 11) is 0. The fraction of sp³-hybridized carbons (Fsp3) is 0.143. The molecule has 2 N–H and O–H groups in total. The van der Waals surface area contributed by atoms with E-state index in [-0.39, 0.29) is 22.9 Å². The second kappa shape index (κ2) is 9.48. The molecule has 3 aromatic rings. The fourth-order valence-corrected chi connectivity index (χ4v) is 3.63. The first-order valence-corrected chi connectivity index (χ1v) is 9.28. The van der Waals surface area contributed by atoms with Gasteiger partial charge in [-0.2, -0.15) is 0 Å². The first-order valence-electron chi connectivity index (χ1n) is 8.41. The Kier molecular flexibility index (Phi) is 7.33. The number of nitrogens with zero attached hydrogens (tertiary/aromatic N) is 1. The number of rotatable bonds is 6. The van der Waals surface area contributed by atoms with Gasteiger partial charge < -0.3 is 22.3 Å². The molecule has 140 valence electrons. The molecule has 0 aliphatic rings. The molecule has 6 heteroatoms. The highest BCUT2D eigenvalue weighted by Gasteiger charge is 2.18. The molecule has 0 saturated carbocycles. The Morgan fingerprint density at radius 3 is 2.33 bits per heavy atom. The first-order chi connectivity index (χ1) is 12.6. The standard InChI is InChI=1S/C21H21N3OS.BrH/c1-4-13-24-20(17-7-5-15(2)6-8-17)14-26-21(24)23-19-11-9-18(10-12-19)22-16(3)25;/h4-12,14H,1,13H2,2-3H3,(H,22,25);1H. The van der Waals surface area contributed by atoms with Gasteiger partial charge in [0.1, 0.15) is 17.9 Å². The molecule has 2 aromatic carbocycles. The molecule has 1 amide bonds. The maximum absolute atomic E-state index is 11.1. The van der Waals surface area contributed by atoms with E-state index in [0.29, 0.717) is 0 Å². The Labute approximate surface area is 174 Å². The van der Waals surface area contributed by atoms with Crippen LogP contribution in [0.4, 0.5) is 16.5 Å². The van der Waals surface area contributed by atoms with Crippen molar-refractivity contribution in [2.24, 2.45) is 0 Å². The van der Waals surface area contributed by atoms with Crippen LogP contribution in [0.2, 0.25) is 0 Å². The van der Waals surface area contributed by atoms with Crippen molar-refractivity contribution in [2.75, 3.05) is 10.6 Å². The molecular formula is C21H22BrN3OS. The van der Waals surface area contributed by atoms with E-state index < -0.39 is 0 Å². The molecule has 1 aromatic heterocycles. The van der Waals surface area contributed by atoms with Gasteiger partial charge in [-0.15, -0.1) is 0 Å². The number of anilines is 3. The highest BCUT2D eigenvalue weighted by molar-refractivity contribution is 7.13. The maximum atomic E-state index is 11.1. The van der Waals surface area contributed by atoms with Crippen LogP contribution in [0.3, 0.4) is 0 Å². The summed E-state index contributed by atoms with van der Waals surface area (Å²) < 4.78 is 2.21. The highest BCUT2D eigenvalue weighted by atomic mass is 79.9. The van der Waals surface area contributed by atoms with Crippen LogP contribution in [0.15, 0.2) is 66.6 Å². The number of carbonyl (C=O) groups is 1. The molecule has 1 heterocycles. The number of aromatic nitrogens is 1.